The van der Waals surface area contributed by atoms with E-state index in [0.717, 1.165) is 4.88 Å². The fourth-order valence-electron chi connectivity index (χ4n) is 1.10. The van der Waals surface area contributed by atoms with Gasteiger partial charge in [0.05, 0.1) is 23.7 Å². The Kier molecular flexibility index (Phi) is 2.90. The molecular weight excluding hydrogens is 208 g/mol. The highest BCUT2D eigenvalue weighted by Gasteiger charge is 1.97. The summed E-state index contributed by atoms with van der Waals surface area (Å²) in [5.41, 5.74) is 2.40. The van der Waals surface area contributed by atoms with Gasteiger partial charge in [0, 0.05) is 17.3 Å². The minimum atomic E-state index is 0.608. The van der Waals surface area contributed by atoms with Gasteiger partial charge in [0.2, 0.25) is 0 Å². The monoisotopic (exact) mass is 216 g/mol. The molecule has 0 bridgehead atoms. The van der Waals surface area contributed by atoms with Crippen LogP contribution in [0.2, 0.25) is 0 Å². The average Bonchev–Trinajstić information content (AvgIpc) is 2.79. The molecule has 0 saturated heterocycles. The molecular formula is C10H8N4S. The van der Waals surface area contributed by atoms with Gasteiger partial charge in [0.1, 0.15) is 5.82 Å². The van der Waals surface area contributed by atoms with Crippen molar-refractivity contribution in [2.24, 2.45) is 0 Å². The van der Waals surface area contributed by atoms with Crippen LogP contribution in [0.3, 0.4) is 0 Å². The number of aromatic nitrogens is 2. The van der Waals surface area contributed by atoms with Gasteiger partial charge in [0.25, 0.3) is 0 Å². The van der Waals surface area contributed by atoms with Crippen LogP contribution in [-0.2, 0) is 6.54 Å². The molecule has 0 radical (unpaired) electrons. The molecule has 0 saturated carbocycles. The number of thiazole rings is 1. The predicted octanol–water partition coefficient (Wildman–Crippen LogP) is 2.02. The molecule has 5 heteroatoms. The summed E-state index contributed by atoms with van der Waals surface area (Å²) in [6, 6.07) is 5.47. The first-order chi connectivity index (χ1) is 7.38. The molecule has 0 fully saturated rings. The van der Waals surface area contributed by atoms with E-state index < -0.39 is 0 Å². The Morgan fingerprint density at radius 1 is 1.53 bits per heavy atom. The zero-order valence-corrected chi connectivity index (χ0v) is 8.66. The van der Waals surface area contributed by atoms with Gasteiger partial charge in [-0.25, -0.2) is 4.98 Å². The van der Waals surface area contributed by atoms with E-state index in [4.69, 9.17) is 5.26 Å². The molecule has 0 atom stereocenters. The number of nitrogens with zero attached hydrogens (tertiary/aromatic N) is 3. The summed E-state index contributed by atoms with van der Waals surface area (Å²) in [4.78, 5) is 9.22. The molecule has 2 rings (SSSR count). The highest BCUT2D eigenvalue weighted by Crippen LogP contribution is 2.10. The van der Waals surface area contributed by atoms with Crippen LogP contribution in [0.25, 0.3) is 0 Å². The summed E-state index contributed by atoms with van der Waals surface area (Å²) < 4.78 is 0. The second-order valence-corrected chi connectivity index (χ2v) is 3.83. The van der Waals surface area contributed by atoms with Gasteiger partial charge in [-0.3, -0.25) is 4.98 Å². The number of hydrogen-bond donors (Lipinski definition) is 1. The molecule has 0 spiro atoms. The van der Waals surface area contributed by atoms with Crippen molar-refractivity contribution < 1.29 is 0 Å². The molecule has 0 aliphatic heterocycles. The number of hydrogen-bond acceptors (Lipinski definition) is 5. The lowest BCUT2D eigenvalue weighted by atomic mass is 10.3. The largest absolute Gasteiger partial charge is 0.365 e. The molecule has 74 valence electrons. The zero-order chi connectivity index (χ0) is 10.5. The minimum Gasteiger partial charge on any atom is -0.365 e. The highest BCUT2D eigenvalue weighted by molar-refractivity contribution is 7.09. The smallest absolute Gasteiger partial charge is 0.127 e. The standard InChI is InChI=1S/C10H8N4S/c11-4-8-1-2-13-10(3-8)14-6-9-5-12-7-15-9/h1-3,5,7H,6H2,(H,13,14). The van der Waals surface area contributed by atoms with Crippen LogP contribution < -0.4 is 5.32 Å². The SMILES string of the molecule is N#Cc1ccnc(NCc2cncs2)c1. The molecule has 0 unspecified atom stereocenters. The first-order valence-electron chi connectivity index (χ1n) is 4.36. The van der Waals surface area contributed by atoms with Gasteiger partial charge in [-0.05, 0) is 12.1 Å². The topological polar surface area (TPSA) is 61.6 Å². The summed E-state index contributed by atoms with van der Waals surface area (Å²) in [5.74, 6) is 0.711. The maximum absolute atomic E-state index is 8.70. The predicted molar refractivity (Wildman–Crippen MR) is 58.4 cm³/mol. The van der Waals surface area contributed by atoms with Crippen molar-refractivity contribution in [2.75, 3.05) is 5.32 Å². The van der Waals surface area contributed by atoms with Gasteiger partial charge in [-0.2, -0.15) is 5.26 Å². The molecule has 4 nitrogen and oxygen atoms in total. The number of anilines is 1. The van der Waals surface area contributed by atoms with Gasteiger partial charge < -0.3 is 5.32 Å². The second kappa shape index (κ2) is 4.53. The Morgan fingerprint density at radius 3 is 3.20 bits per heavy atom. The Morgan fingerprint density at radius 2 is 2.47 bits per heavy atom. The summed E-state index contributed by atoms with van der Waals surface area (Å²) in [6.07, 6.45) is 3.43. The summed E-state index contributed by atoms with van der Waals surface area (Å²) in [6.45, 7) is 0.687. The van der Waals surface area contributed by atoms with Crippen LogP contribution in [0.1, 0.15) is 10.4 Å². The molecule has 0 amide bonds. The van der Waals surface area contributed by atoms with Crippen LogP contribution in [0.15, 0.2) is 30.0 Å². The number of rotatable bonds is 3. The normalized spacial score (nSPS) is 9.53. The van der Waals surface area contributed by atoms with Crippen LogP contribution >= 0.6 is 11.3 Å². The molecule has 15 heavy (non-hydrogen) atoms. The third kappa shape index (κ3) is 2.51. The van der Waals surface area contributed by atoms with Crippen LogP contribution in [0, 0.1) is 11.3 Å². The molecule has 2 heterocycles. The van der Waals surface area contributed by atoms with E-state index in [1.165, 1.54) is 0 Å². The Hall–Kier alpha value is -1.93. The van der Waals surface area contributed by atoms with E-state index in [2.05, 4.69) is 21.4 Å². The van der Waals surface area contributed by atoms with Crippen molar-refractivity contribution >= 4 is 17.2 Å². The molecule has 2 aromatic heterocycles. The van der Waals surface area contributed by atoms with Crippen molar-refractivity contribution in [3.63, 3.8) is 0 Å². The Bertz CT molecular complexity index is 472. The van der Waals surface area contributed by atoms with Gasteiger partial charge >= 0.3 is 0 Å². The van der Waals surface area contributed by atoms with Crippen LogP contribution in [0.5, 0.6) is 0 Å². The van der Waals surface area contributed by atoms with E-state index in [-0.39, 0.29) is 0 Å². The van der Waals surface area contributed by atoms with Gasteiger partial charge in [-0.15, -0.1) is 11.3 Å². The fraction of sp³-hybridized carbons (Fsp3) is 0.100. The number of pyridine rings is 1. The first-order valence-corrected chi connectivity index (χ1v) is 5.24. The minimum absolute atomic E-state index is 0.608. The maximum atomic E-state index is 8.70. The quantitative estimate of drug-likeness (QED) is 0.852. The third-order valence-corrected chi connectivity index (χ3v) is 2.60. The third-order valence-electron chi connectivity index (χ3n) is 1.82. The molecule has 0 aliphatic rings. The van der Waals surface area contributed by atoms with Crippen molar-refractivity contribution in [1.82, 2.24) is 9.97 Å². The van der Waals surface area contributed by atoms with E-state index in [0.29, 0.717) is 17.9 Å². The van der Waals surface area contributed by atoms with Crippen LogP contribution in [-0.4, -0.2) is 9.97 Å². The second-order valence-electron chi connectivity index (χ2n) is 2.86. The highest BCUT2D eigenvalue weighted by atomic mass is 32.1. The van der Waals surface area contributed by atoms with E-state index >= 15 is 0 Å². The Balaban J connectivity index is 2.02. The number of nitrogens with one attached hydrogen (secondary N) is 1. The molecule has 0 aromatic carbocycles. The van der Waals surface area contributed by atoms with E-state index in [9.17, 15) is 0 Å². The molecule has 1 N–H and O–H groups in total. The van der Waals surface area contributed by atoms with E-state index in [1.54, 1.807) is 35.2 Å². The average molecular weight is 216 g/mol. The zero-order valence-electron chi connectivity index (χ0n) is 7.84. The summed E-state index contributed by atoms with van der Waals surface area (Å²) in [7, 11) is 0. The van der Waals surface area contributed by atoms with Crippen LogP contribution in [0.4, 0.5) is 5.82 Å². The Labute approximate surface area is 91.2 Å². The van der Waals surface area contributed by atoms with Crippen molar-refractivity contribution in [2.45, 2.75) is 6.54 Å². The molecule has 2 aromatic rings. The lowest BCUT2D eigenvalue weighted by Gasteiger charge is -2.02. The summed E-state index contributed by atoms with van der Waals surface area (Å²) >= 11 is 1.59. The van der Waals surface area contributed by atoms with E-state index in [1.807, 2.05) is 6.20 Å². The lowest BCUT2D eigenvalue weighted by Crippen LogP contribution is -1.99. The van der Waals surface area contributed by atoms with Crippen molar-refractivity contribution in [3.05, 3.63) is 40.5 Å². The summed E-state index contributed by atoms with van der Waals surface area (Å²) in [5, 5.41) is 11.8. The van der Waals surface area contributed by atoms with Crippen molar-refractivity contribution in [1.29, 1.82) is 5.26 Å². The molecule has 0 aliphatic carbocycles. The van der Waals surface area contributed by atoms with Crippen molar-refractivity contribution in [3.8, 4) is 6.07 Å². The fourth-order valence-corrected chi connectivity index (χ4v) is 1.64. The number of nitriles is 1. The maximum Gasteiger partial charge on any atom is 0.127 e. The van der Waals surface area contributed by atoms with Gasteiger partial charge in [-0.1, -0.05) is 0 Å². The van der Waals surface area contributed by atoms with Gasteiger partial charge in [0.15, 0.2) is 0 Å². The lowest BCUT2D eigenvalue weighted by molar-refractivity contribution is 1.13. The first kappa shape index (κ1) is 9.62.